The second-order valence-electron chi connectivity index (χ2n) is 5.47. The Balaban J connectivity index is 1.94. The summed E-state index contributed by atoms with van der Waals surface area (Å²) in [6, 6.07) is 8.75. The number of hydrogen-bond acceptors (Lipinski definition) is 4. The number of para-hydroxylation sites is 2. The van der Waals surface area contributed by atoms with E-state index in [4.69, 9.17) is 0 Å². The quantitative estimate of drug-likeness (QED) is 0.862. The van der Waals surface area contributed by atoms with E-state index < -0.39 is 26.6 Å². The highest BCUT2D eigenvalue weighted by Crippen LogP contribution is 2.29. The van der Waals surface area contributed by atoms with E-state index in [1.807, 2.05) is 0 Å². The number of carbonyl (C=O) groups is 1. The van der Waals surface area contributed by atoms with Crippen molar-refractivity contribution in [3.05, 3.63) is 54.1 Å². The average molecular weight is 367 g/mol. The van der Waals surface area contributed by atoms with Gasteiger partial charge in [0.2, 0.25) is 5.91 Å². The smallest absolute Gasteiger partial charge is 0.264 e. The fourth-order valence-electron chi connectivity index (χ4n) is 2.57. The second kappa shape index (κ2) is 6.67. The van der Waals surface area contributed by atoms with Crippen molar-refractivity contribution in [2.45, 2.75) is 4.90 Å². The van der Waals surface area contributed by atoms with Crippen LogP contribution in [-0.2, 0) is 14.8 Å². The molecule has 2 N–H and O–H groups in total. The molecule has 9 heteroatoms. The first-order valence-electron chi connectivity index (χ1n) is 7.45. The Morgan fingerprint density at radius 3 is 2.60 bits per heavy atom. The number of rotatable bonds is 4. The molecule has 0 radical (unpaired) electrons. The Kier molecular flexibility index (Phi) is 4.58. The largest absolute Gasteiger partial charge is 0.359 e. The van der Waals surface area contributed by atoms with Gasteiger partial charge >= 0.3 is 0 Å². The fraction of sp³-hybridized carbons (Fsp3) is 0.188. The van der Waals surface area contributed by atoms with Crippen LogP contribution in [0.4, 0.5) is 20.2 Å². The second-order valence-corrected chi connectivity index (χ2v) is 7.12. The monoisotopic (exact) mass is 367 g/mol. The van der Waals surface area contributed by atoms with Crippen molar-refractivity contribution in [2.24, 2.45) is 0 Å². The summed E-state index contributed by atoms with van der Waals surface area (Å²) in [4.78, 5) is 12.6. The Morgan fingerprint density at radius 1 is 1.12 bits per heavy atom. The number of nitrogens with one attached hydrogen (secondary N) is 2. The first-order valence-corrected chi connectivity index (χ1v) is 8.94. The first kappa shape index (κ1) is 17.2. The lowest BCUT2D eigenvalue weighted by Gasteiger charge is -2.30. The van der Waals surface area contributed by atoms with E-state index >= 15 is 0 Å². The third-order valence-corrected chi connectivity index (χ3v) is 5.11. The van der Waals surface area contributed by atoms with Crippen molar-refractivity contribution in [2.75, 3.05) is 29.3 Å². The standard InChI is InChI=1S/C16H15F2N3O3S/c17-11-5-6-15(12(18)9-11)25(23,24)20-13-3-1-2-4-14(13)21-8-7-19-16(22)10-21/h1-6,9,20H,7-8,10H2,(H,19,22). The molecule has 1 saturated heterocycles. The predicted molar refractivity (Wildman–Crippen MR) is 88.8 cm³/mol. The van der Waals surface area contributed by atoms with Gasteiger partial charge in [-0.05, 0) is 24.3 Å². The molecule has 3 rings (SSSR count). The molecule has 1 aliphatic heterocycles. The predicted octanol–water partition coefficient (Wildman–Crippen LogP) is 1.70. The van der Waals surface area contributed by atoms with Crippen LogP contribution < -0.4 is 14.9 Å². The van der Waals surface area contributed by atoms with E-state index in [0.717, 1.165) is 12.1 Å². The molecule has 0 bridgehead atoms. The molecule has 0 atom stereocenters. The first-order chi connectivity index (χ1) is 11.9. The van der Waals surface area contributed by atoms with Crippen molar-refractivity contribution in [3.63, 3.8) is 0 Å². The molecule has 0 aromatic heterocycles. The van der Waals surface area contributed by atoms with Crippen molar-refractivity contribution in [1.82, 2.24) is 5.32 Å². The minimum atomic E-state index is -4.25. The SMILES string of the molecule is O=C1CN(c2ccccc2NS(=O)(=O)c2ccc(F)cc2F)CCN1. The number of halogens is 2. The van der Waals surface area contributed by atoms with Crippen LogP contribution in [0.15, 0.2) is 47.4 Å². The molecular formula is C16H15F2N3O3S. The lowest BCUT2D eigenvalue weighted by Crippen LogP contribution is -2.47. The normalized spacial score (nSPS) is 15.0. The zero-order valence-electron chi connectivity index (χ0n) is 13.0. The molecule has 1 aliphatic rings. The molecular weight excluding hydrogens is 352 g/mol. The number of carbonyl (C=O) groups excluding carboxylic acids is 1. The van der Waals surface area contributed by atoms with Gasteiger partial charge in [-0.15, -0.1) is 0 Å². The summed E-state index contributed by atoms with van der Waals surface area (Å²) in [7, 11) is -4.25. The van der Waals surface area contributed by atoms with Gasteiger partial charge in [0.15, 0.2) is 0 Å². The molecule has 6 nitrogen and oxygen atoms in total. The molecule has 0 saturated carbocycles. The minimum Gasteiger partial charge on any atom is -0.359 e. The maximum atomic E-state index is 13.8. The van der Waals surface area contributed by atoms with Crippen LogP contribution in [0.25, 0.3) is 0 Å². The molecule has 1 amide bonds. The maximum absolute atomic E-state index is 13.8. The van der Waals surface area contributed by atoms with Gasteiger partial charge in [-0.3, -0.25) is 9.52 Å². The van der Waals surface area contributed by atoms with Gasteiger partial charge < -0.3 is 10.2 Å². The number of nitrogens with zero attached hydrogens (tertiary/aromatic N) is 1. The number of sulfonamides is 1. The lowest BCUT2D eigenvalue weighted by molar-refractivity contribution is -0.120. The summed E-state index contributed by atoms with van der Waals surface area (Å²) < 4.78 is 54.1. The molecule has 2 aromatic carbocycles. The Labute approximate surface area is 143 Å². The lowest BCUT2D eigenvalue weighted by atomic mass is 10.2. The van der Waals surface area contributed by atoms with E-state index in [9.17, 15) is 22.0 Å². The molecule has 0 unspecified atom stereocenters. The van der Waals surface area contributed by atoms with Crippen LogP contribution in [-0.4, -0.2) is 34.0 Å². The number of amides is 1. The van der Waals surface area contributed by atoms with Crippen molar-refractivity contribution >= 4 is 27.3 Å². The highest BCUT2D eigenvalue weighted by molar-refractivity contribution is 7.92. The van der Waals surface area contributed by atoms with Gasteiger partial charge in [0.1, 0.15) is 16.5 Å². The minimum absolute atomic E-state index is 0.0870. The van der Waals surface area contributed by atoms with Crippen LogP contribution in [0.3, 0.4) is 0 Å². The highest BCUT2D eigenvalue weighted by Gasteiger charge is 2.23. The van der Waals surface area contributed by atoms with Crippen molar-refractivity contribution in [1.29, 1.82) is 0 Å². The molecule has 1 fully saturated rings. The number of anilines is 2. The summed E-state index contributed by atoms with van der Waals surface area (Å²) in [5, 5.41) is 2.68. The van der Waals surface area contributed by atoms with Crippen LogP contribution >= 0.6 is 0 Å². The van der Waals surface area contributed by atoms with E-state index in [1.54, 1.807) is 23.1 Å². The summed E-state index contributed by atoms with van der Waals surface area (Å²) in [5.74, 6) is -2.22. The summed E-state index contributed by atoms with van der Waals surface area (Å²) in [5.41, 5.74) is 0.712. The number of hydrogen-bond donors (Lipinski definition) is 2. The van der Waals surface area contributed by atoms with E-state index in [2.05, 4.69) is 10.0 Å². The molecule has 0 spiro atoms. The Morgan fingerprint density at radius 2 is 1.88 bits per heavy atom. The van der Waals surface area contributed by atoms with Gasteiger partial charge in [-0.25, -0.2) is 17.2 Å². The van der Waals surface area contributed by atoms with Gasteiger partial charge in [-0.2, -0.15) is 0 Å². The number of piperazine rings is 1. The van der Waals surface area contributed by atoms with Crippen LogP contribution in [0.2, 0.25) is 0 Å². The fourth-order valence-corrected chi connectivity index (χ4v) is 3.71. The third-order valence-electron chi connectivity index (χ3n) is 3.71. The van der Waals surface area contributed by atoms with Gasteiger partial charge in [0.05, 0.1) is 17.9 Å². The van der Waals surface area contributed by atoms with Crippen molar-refractivity contribution < 1.29 is 22.0 Å². The molecule has 2 aromatic rings. The summed E-state index contributed by atoms with van der Waals surface area (Å²) in [6.45, 7) is 1.03. The van der Waals surface area contributed by atoms with Crippen LogP contribution in [0.5, 0.6) is 0 Å². The van der Waals surface area contributed by atoms with Gasteiger partial charge in [0.25, 0.3) is 10.0 Å². The summed E-state index contributed by atoms with van der Waals surface area (Å²) in [6.07, 6.45) is 0. The highest BCUT2D eigenvalue weighted by atomic mass is 32.2. The zero-order valence-corrected chi connectivity index (χ0v) is 13.8. The molecule has 1 heterocycles. The van der Waals surface area contributed by atoms with Crippen LogP contribution in [0.1, 0.15) is 0 Å². The Hall–Kier alpha value is -2.68. The van der Waals surface area contributed by atoms with E-state index in [-0.39, 0.29) is 18.1 Å². The number of benzene rings is 2. The maximum Gasteiger partial charge on any atom is 0.264 e. The molecule has 25 heavy (non-hydrogen) atoms. The summed E-state index contributed by atoms with van der Waals surface area (Å²) >= 11 is 0. The van der Waals surface area contributed by atoms with Crippen molar-refractivity contribution in [3.8, 4) is 0 Å². The van der Waals surface area contributed by atoms with Crippen LogP contribution in [0, 0.1) is 11.6 Å². The molecule has 132 valence electrons. The third kappa shape index (κ3) is 3.71. The van der Waals surface area contributed by atoms with Gasteiger partial charge in [-0.1, -0.05) is 12.1 Å². The van der Waals surface area contributed by atoms with Gasteiger partial charge in [0, 0.05) is 19.2 Å². The van der Waals surface area contributed by atoms with E-state index in [0.29, 0.717) is 24.8 Å². The zero-order chi connectivity index (χ0) is 18.0. The molecule has 0 aliphatic carbocycles. The topological polar surface area (TPSA) is 78.5 Å². The van der Waals surface area contributed by atoms with E-state index in [1.165, 1.54) is 6.07 Å². The Bertz CT molecular complexity index is 919. The average Bonchev–Trinajstić information content (AvgIpc) is 2.54.